The van der Waals surface area contributed by atoms with E-state index >= 15 is 0 Å². The summed E-state index contributed by atoms with van der Waals surface area (Å²) in [6.45, 7) is 2.25. The van der Waals surface area contributed by atoms with Crippen molar-refractivity contribution in [2.75, 3.05) is 0 Å². The maximum atomic E-state index is 2.29. The van der Waals surface area contributed by atoms with Crippen LogP contribution in [0.5, 0.6) is 0 Å². The van der Waals surface area contributed by atoms with Crippen LogP contribution in [0.1, 0.15) is 16.7 Å². The van der Waals surface area contributed by atoms with E-state index in [1.807, 2.05) is 0 Å². The summed E-state index contributed by atoms with van der Waals surface area (Å²) in [7, 11) is 0. The largest absolute Gasteiger partial charge is 0.0619 e. The molecule has 0 unspecified atom stereocenters. The van der Waals surface area contributed by atoms with Crippen LogP contribution in [0, 0.1) is 6.92 Å². The lowest BCUT2D eigenvalue weighted by Gasteiger charge is -2.13. The van der Waals surface area contributed by atoms with Gasteiger partial charge in [0, 0.05) is 0 Å². The first kappa shape index (κ1) is 13.6. The van der Waals surface area contributed by atoms with E-state index in [2.05, 4.69) is 85.8 Å². The highest BCUT2D eigenvalue weighted by atomic mass is 14.2. The summed E-state index contributed by atoms with van der Waals surface area (Å²) in [5.74, 6) is 0. The summed E-state index contributed by atoms with van der Waals surface area (Å²) in [4.78, 5) is 0. The zero-order valence-electron chi connectivity index (χ0n) is 13.7. The first-order valence-corrected chi connectivity index (χ1v) is 8.52. The average Bonchev–Trinajstić information content (AvgIpc) is 3.01. The van der Waals surface area contributed by atoms with Gasteiger partial charge in [-0.15, -0.1) is 0 Å². The number of rotatable bonds is 1. The van der Waals surface area contributed by atoms with Crippen LogP contribution in [-0.4, -0.2) is 0 Å². The minimum atomic E-state index is 1.04. The molecular weight excluding hydrogens is 288 g/mol. The molecule has 1 aliphatic rings. The Balaban J connectivity index is 1.77. The molecule has 0 bridgehead atoms. The van der Waals surface area contributed by atoms with Crippen LogP contribution in [0.25, 0.3) is 33.0 Å². The van der Waals surface area contributed by atoms with Crippen LogP contribution in [0.2, 0.25) is 0 Å². The molecule has 0 aromatic heterocycles. The Morgan fingerprint density at radius 1 is 0.583 bits per heavy atom. The van der Waals surface area contributed by atoms with E-state index < -0.39 is 0 Å². The average molecular weight is 306 g/mol. The minimum absolute atomic E-state index is 1.04. The van der Waals surface area contributed by atoms with Gasteiger partial charge in [0.2, 0.25) is 0 Å². The van der Waals surface area contributed by atoms with E-state index in [9.17, 15) is 0 Å². The maximum absolute atomic E-state index is 2.29. The van der Waals surface area contributed by atoms with E-state index in [1.165, 1.54) is 49.7 Å². The van der Waals surface area contributed by atoms with Crippen molar-refractivity contribution in [3.05, 3.63) is 95.6 Å². The molecule has 0 aliphatic heterocycles. The third kappa shape index (κ3) is 1.86. The normalized spacial score (nSPS) is 12.2. The van der Waals surface area contributed by atoms with Crippen LogP contribution in [0.15, 0.2) is 78.9 Å². The minimum Gasteiger partial charge on any atom is -0.0619 e. The SMILES string of the molecule is Cc1c(-c2cccc3c2Cc2ccccc2-3)ccc2ccccc12. The number of benzene rings is 4. The Bertz CT molecular complexity index is 1090. The fourth-order valence-electron chi connectivity index (χ4n) is 4.13. The molecule has 4 aromatic rings. The zero-order chi connectivity index (χ0) is 16.1. The molecule has 0 saturated carbocycles. The van der Waals surface area contributed by atoms with Gasteiger partial charge in [0.1, 0.15) is 0 Å². The molecule has 1 aliphatic carbocycles. The Kier molecular flexibility index (Phi) is 2.87. The van der Waals surface area contributed by atoms with Crippen LogP contribution in [-0.2, 0) is 6.42 Å². The van der Waals surface area contributed by atoms with Crippen molar-refractivity contribution in [3.8, 4) is 22.3 Å². The summed E-state index contributed by atoms with van der Waals surface area (Å²) in [5.41, 5.74) is 9.82. The molecule has 0 nitrogen and oxygen atoms in total. The fraction of sp³-hybridized carbons (Fsp3) is 0.0833. The summed E-state index contributed by atoms with van der Waals surface area (Å²) in [6.07, 6.45) is 1.04. The quantitative estimate of drug-likeness (QED) is 0.337. The van der Waals surface area contributed by atoms with E-state index in [0.29, 0.717) is 0 Å². The highest BCUT2D eigenvalue weighted by Gasteiger charge is 2.21. The molecule has 0 saturated heterocycles. The zero-order valence-corrected chi connectivity index (χ0v) is 13.7. The third-order valence-electron chi connectivity index (χ3n) is 5.34. The third-order valence-corrected chi connectivity index (χ3v) is 5.34. The van der Waals surface area contributed by atoms with Crippen molar-refractivity contribution in [2.24, 2.45) is 0 Å². The molecule has 0 heterocycles. The van der Waals surface area contributed by atoms with Crippen molar-refractivity contribution in [1.82, 2.24) is 0 Å². The molecule has 5 rings (SSSR count). The molecule has 0 N–H and O–H groups in total. The van der Waals surface area contributed by atoms with Gasteiger partial charge in [-0.1, -0.05) is 78.9 Å². The van der Waals surface area contributed by atoms with Crippen molar-refractivity contribution in [1.29, 1.82) is 0 Å². The van der Waals surface area contributed by atoms with Crippen LogP contribution in [0.3, 0.4) is 0 Å². The van der Waals surface area contributed by atoms with Gasteiger partial charge in [-0.2, -0.15) is 0 Å². The second kappa shape index (κ2) is 5.07. The lowest BCUT2D eigenvalue weighted by atomic mass is 9.90. The number of hydrogen-bond acceptors (Lipinski definition) is 0. The predicted octanol–water partition coefficient (Wildman–Crippen LogP) is 6.39. The Morgan fingerprint density at radius 3 is 2.21 bits per heavy atom. The Labute approximate surface area is 142 Å². The summed E-state index contributed by atoms with van der Waals surface area (Å²) >= 11 is 0. The maximum Gasteiger partial charge on any atom is -0.000728 e. The van der Waals surface area contributed by atoms with Crippen molar-refractivity contribution >= 4 is 10.8 Å². The molecule has 4 aromatic carbocycles. The highest BCUT2D eigenvalue weighted by Crippen LogP contribution is 2.42. The lowest BCUT2D eigenvalue weighted by molar-refractivity contribution is 1.26. The van der Waals surface area contributed by atoms with Crippen LogP contribution in [0.4, 0.5) is 0 Å². The summed E-state index contributed by atoms with van der Waals surface area (Å²) in [5, 5.41) is 2.66. The fourth-order valence-corrected chi connectivity index (χ4v) is 4.13. The molecule has 0 radical (unpaired) electrons. The molecule has 0 amide bonds. The molecule has 0 spiro atoms. The highest BCUT2D eigenvalue weighted by molar-refractivity contribution is 5.94. The second-order valence-electron chi connectivity index (χ2n) is 6.62. The predicted molar refractivity (Wildman–Crippen MR) is 102 cm³/mol. The Morgan fingerprint density at radius 2 is 1.29 bits per heavy atom. The topological polar surface area (TPSA) is 0 Å². The van der Waals surface area contributed by atoms with E-state index in [-0.39, 0.29) is 0 Å². The van der Waals surface area contributed by atoms with E-state index in [4.69, 9.17) is 0 Å². The number of hydrogen-bond donors (Lipinski definition) is 0. The summed E-state index contributed by atoms with van der Waals surface area (Å²) < 4.78 is 0. The molecule has 0 heteroatoms. The van der Waals surface area contributed by atoms with Gasteiger partial charge in [-0.3, -0.25) is 0 Å². The van der Waals surface area contributed by atoms with Crippen LogP contribution >= 0.6 is 0 Å². The van der Waals surface area contributed by atoms with Gasteiger partial charge < -0.3 is 0 Å². The number of fused-ring (bicyclic) bond motifs is 4. The van der Waals surface area contributed by atoms with E-state index in [1.54, 1.807) is 0 Å². The first-order valence-electron chi connectivity index (χ1n) is 8.52. The van der Waals surface area contributed by atoms with Gasteiger partial charge in [0.05, 0.1) is 0 Å². The number of aryl methyl sites for hydroxylation is 1. The van der Waals surface area contributed by atoms with Gasteiger partial charge in [0.25, 0.3) is 0 Å². The van der Waals surface area contributed by atoms with Gasteiger partial charge in [0.15, 0.2) is 0 Å². The van der Waals surface area contributed by atoms with Gasteiger partial charge in [-0.25, -0.2) is 0 Å². The monoisotopic (exact) mass is 306 g/mol. The van der Waals surface area contributed by atoms with Crippen molar-refractivity contribution < 1.29 is 0 Å². The standard InChI is InChI=1S/C24H18/c1-16-19-9-4-2-7-17(19)13-14-20(16)22-11-6-12-23-21-10-5-3-8-18(21)15-24(22)23/h2-14H,15H2,1H3. The van der Waals surface area contributed by atoms with Crippen molar-refractivity contribution in [3.63, 3.8) is 0 Å². The van der Waals surface area contributed by atoms with Crippen LogP contribution < -0.4 is 0 Å². The molecule has 24 heavy (non-hydrogen) atoms. The van der Waals surface area contributed by atoms with Crippen molar-refractivity contribution in [2.45, 2.75) is 13.3 Å². The van der Waals surface area contributed by atoms with Gasteiger partial charge >= 0.3 is 0 Å². The van der Waals surface area contributed by atoms with Gasteiger partial charge in [-0.05, 0) is 63.1 Å². The lowest BCUT2D eigenvalue weighted by Crippen LogP contribution is -1.91. The molecule has 114 valence electrons. The Hall–Kier alpha value is -2.86. The smallest absolute Gasteiger partial charge is 0.000728 e. The molecule has 0 fully saturated rings. The second-order valence-corrected chi connectivity index (χ2v) is 6.62. The van der Waals surface area contributed by atoms with E-state index in [0.717, 1.165) is 6.42 Å². The summed E-state index contributed by atoms with van der Waals surface area (Å²) in [6, 6.07) is 28.7. The molecular formula is C24H18. The molecule has 0 atom stereocenters. The first-order chi connectivity index (χ1) is 11.8.